The number of ether oxygens (including phenoxy) is 1. The molecule has 3 rings (SSSR count). The zero-order valence-corrected chi connectivity index (χ0v) is 16.6. The summed E-state index contributed by atoms with van der Waals surface area (Å²) in [6.45, 7) is 5.73. The van der Waals surface area contributed by atoms with Crippen LogP contribution < -0.4 is 10.1 Å². The van der Waals surface area contributed by atoms with Crippen LogP contribution in [0.3, 0.4) is 0 Å². The largest absolute Gasteiger partial charge is 0.482 e. The molecule has 158 valence electrons. The Morgan fingerprint density at radius 2 is 2.03 bits per heavy atom. The topological polar surface area (TPSA) is 90.1 Å². The van der Waals surface area contributed by atoms with Crippen LogP contribution in [-0.4, -0.2) is 33.8 Å². The minimum atomic E-state index is -4.53. The highest BCUT2D eigenvalue weighted by Gasteiger charge is 2.35. The average Bonchev–Trinajstić information content (AvgIpc) is 3.37. The maximum atomic E-state index is 12.9. The molecule has 10 heteroatoms. The fourth-order valence-electron chi connectivity index (χ4n) is 2.84. The molecule has 1 amide bonds. The molecule has 2 aromatic rings. The highest BCUT2D eigenvalue weighted by Crippen LogP contribution is 2.41. The predicted molar refractivity (Wildman–Crippen MR) is 96.5 cm³/mol. The summed E-state index contributed by atoms with van der Waals surface area (Å²) in [5.41, 5.74) is 0.0559. The van der Waals surface area contributed by atoms with Gasteiger partial charge in [0.15, 0.2) is 23.9 Å². The molecule has 1 atom stereocenters. The number of halogens is 3. The molecule has 1 fully saturated rings. The van der Waals surface area contributed by atoms with Gasteiger partial charge in [0.2, 0.25) is 5.89 Å². The second-order valence-electron chi connectivity index (χ2n) is 8.24. The maximum absolute atomic E-state index is 12.9. The number of carbonyl (C=O) groups is 1. The number of nitrogens with zero attached hydrogens (tertiary/aromatic N) is 3. The molecule has 0 spiro atoms. The Labute approximate surface area is 166 Å². The summed E-state index contributed by atoms with van der Waals surface area (Å²) >= 11 is 0. The summed E-state index contributed by atoms with van der Waals surface area (Å²) < 4.78 is 47.9. The Bertz CT molecular complexity index is 886. The van der Waals surface area contributed by atoms with Crippen molar-refractivity contribution < 1.29 is 27.2 Å². The first-order valence-electron chi connectivity index (χ1n) is 9.24. The second kappa shape index (κ2) is 7.64. The second-order valence-corrected chi connectivity index (χ2v) is 8.24. The molecule has 0 aliphatic heterocycles. The van der Waals surface area contributed by atoms with E-state index in [-0.39, 0.29) is 23.2 Å². The van der Waals surface area contributed by atoms with Crippen LogP contribution in [0.25, 0.3) is 0 Å². The number of pyridine rings is 1. The lowest BCUT2D eigenvalue weighted by molar-refractivity contribution is -0.153. The average molecular weight is 412 g/mol. The molecule has 0 bridgehead atoms. The molecule has 29 heavy (non-hydrogen) atoms. The van der Waals surface area contributed by atoms with Crippen LogP contribution in [-0.2, 0) is 0 Å². The first-order valence-corrected chi connectivity index (χ1v) is 9.24. The van der Waals surface area contributed by atoms with Crippen molar-refractivity contribution in [3.63, 3.8) is 0 Å². The van der Waals surface area contributed by atoms with Crippen molar-refractivity contribution in [2.24, 2.45) is 5.41 Å². The number of aromatic nitrogens is 3. The molecule has 2 heterocycles. The van der Waals surface area contributed by atoms with Crippen LogP contribution in [0.15, 0.2) is 16.8 Å². The van der Waals surface area contributed by atoms with Crippen LogP contribution in [0, 0.1) is 12.3 Å². The van der Waals surface area contributed by atoms with E-state index in [9.17, 15) is 18.0 Å². The predicted octanol–water partition coefficient (Wildman–Crippen LogP) is 4.11. The van der Waals surface area contributed by atoms with Gasteiger partial charge >= 0.3 is 6.18 Å². The molecule has 0 radical (unpaired) electrons. The number of hydrogen-bond acceptors (Lipinski definition) is 6. The van der Waals surface area contributed by atoms with Gasteiger partial charge < -0.3 is 14.6 Å². The third-order valence-corrected chi connectivity index (χ3v) is 4.47. The summed E-state index contributed by atoms with van der Waals surface area (Å²) in [5.74, 6) is -0.00845. The van der Waals surface area contributed by atoms with Crippen molar-refractivity contribution in [1.82, 2.24) is 20.4 Å². The van der Waals surface area contributed by atoms with Crippen molar-refractivity contribution in [2.75, 3.05) is 6.61 Å². The molecule has 1 N–H and O–H groups in total. The fourth-order valence-corrected chi connectivity index (χ4v) is 2.84. The Kier molecular flexibility index (Phi) is 5.55. The van der Waals surface area contributed by atoms with Crippen LogP contribution >= 0.6 is 0 Å². The molecule has 0 unspecified atom stereocenters. The van der Waals surface area contributed by atoms with Gasteiger partial charge in [-0.25, -0.2) is 4.98 Å². The Balaban J connectivity index is 1.88. The van der Waals surface area contributed by atoms with Gasteiger partial charge in [-0.15, -0.1) is 0 Å². The standard InChI is InChI=1S/C19H23F3N4O3/c1-10-24-16(26-29-10)15(18(2,3)4)25-17(27)14-13(28-9-19(20,21)22)7-12(8-23-14)11-5-6-11/h7-8,11,15H,5-6,9H2,1-4H3,(H,25,27)/t15-/m0/s1. The lowest BCUT2D eigenvalue weighted by atomic mass is 9.86. The van der Waals surface area contributed by atoms with Gasteiger partial charge in [-0.1, -0.05) is 25.9 Å². The Morgan fingerprint density at radius 3 is 2.55 bits per heavy atom. The summed E-state index contributed by atoms with van der Waals surface area (Å²) in [6, 6.07) is 0.823. The van der Waals surface area contributed by atoms with Crippen molar-refractivity contribution in [1.29, 1.82) is 0 Å². The highest BCUT2D eigenvalue weighted by atomic mass is 19.4. The van der Waals surface area contributed by atoms with Gasteiger partial charge in [-0.3, -0.25) is 4.79 Å². The maximum Gasteiger partial charge on any atom is 0.422 e. The van der Waals surface area contributed by atoms with Gasteiger partial charge in [-0.05, 0) is 35.8 Å². The molecule has 1 aliphatic carbocycles. The number of carbonyl (C=O) groups excluding carboxylic acids is 1. The SMILES string of the molecule is Cc1nc([C@H](NC(=O)c2ncc(C3CC3)cc2OCC(F)(F)F)C(C)(C)C)no1. The number of hydrogen-bond donors (Lipinski definition) is 1. The lowest BCUT2D eigenvalue weighted by Gasteiger charge is -2.29. The number of rotatable bonds is 6. The first-order chi connectivity index (χ1) is 13.4. The smallest absolute Gasteiger partial charge is 0.422 e. The highest BCUT2D eigenvalue weighted by molar-refractivity contribution is 5.95. The zero-order chi connectivity index (χ0) is 21.4. The molecule has 2 aromatic heterocycles. The van der Waals surface area contributed by atoms with E-state index in [0.717, 1.165) is 18.4 Å². The molecule has 1 aliphatic rings. The van der Waals surface area contributed by atoms with E-state index in [1.54, 1.807) is 6.92 Å². The van der Waals surface area contributed by atoms with Crippen LogP contribution in [0.5, 0.6) is 5.75 Å². The molecular weight excluding hydrogens is 389 g/mol. The van der Waals surface area contributed by atoms with Gasteiger partial charge in [0, 0.05) is 13.1 Å². The van der Waals surface area contributed by atoms with Gasteiger partial charge in [-0.2, -0.15) is 18.2 Å². The van der Waals surface area contributed by atoms with Gasteiger partial charge in [0.1, 0.15) is 0 Å². The van der Waals surface area contributed by atoms with E-state index in [1.807, 2.05) is 20.8 Å². The van der Waals surface area contributed by atoms with E-state index < -0.39 is 30.1 Å². The van der Waals surface area contributed by atoms with Crippen molar-refractivity contribution in [3.05, 3.63) is 35.2 Å². The van der Waals surface area contributed by atoms with E-state index in [4.69, 9.17) is 9.26 Å². The number of amides is 1. The number of nitrogens with one attached hydrogen (secondary N) is 1. The number of alkyl halides is 3. The molecule has 0 saturated heterocycles. The van der Waals surface area contributed by atoms with Crippen LogP contribution in [0.4, 0.5) is 13.2 Å². The van der Waals surface area contributed by atoms with Crippen LogP contribution in [0.1, 0.15) is 73.3 Å². The summed E-state index contributed by atoms with van der Waals surface area (Å²) in [4.78, 5) is 21.2. The third-order valence-electron chi connectivity index (χ3n) is 4.47. The quantitative estimate of drug-likeness (QED) is 0.768. The molecular formula is C19H23F3N4O3. The lowest BCUT2D eigenvalue weighted by Crippen LogP contribution is -2.38. The van der Waals surface area contributed by atoms with Crippen molar-refractivity contribution in [2.45, 2.75) is 58.7 Å². The number of aryl methyl sites for hydroxylation is 1. The zero-order valence-electron chi connectivity index (χ0n) is 16.6. The van der Waals surface area contributed by atoms with Crippen LogP contribution in [0.2, 0.25) is 0 Å². The Morgan fingerprint density at radius 1 is 1.34 bits per heavy atom. The Hall–Kier alpha value is -2.65. The first kappa shape index (κ1) is 21.1. The van der Waals surface area contributed by atoms with Crippen molar-refractivity contribution >= 4 is 5.91 Å². The minimum absolute atomic E-state index is 0.193. The third kappa shape index (κ3) is 5.45. The molecule has 0 aromatic carbocycles. The van der Waals surface area contributed by atoms with Gasteiger partial charge in [0.05, 0.1) is 6.04 Å². The normalized spacial score (nSPS) is 15.8. The van der Waals surface area contributed by atoms with Gasteiger partial charge in [0.25, 0.3) is 5.91 Å². The molecule has 1 saturated carbocycles. The van der Waals surface area contributed by atoms with E-state index in [2.05, 4.69) is 20.4 Å². The van der Waals surface area contributed by atoms with E-state index in [0.29, 0.717) is 5.89 Å². The molecule has 7 nitrogen and oxygen atoms in total. The minimum Gasteiger partial charge on any atom is -0.482 e. The monoisotopic (exact) mass is 412 g/mol. The van der Waals surface area contributed by atoms with Crippen molar-refractivity contribution in [3.8, 4) is 5.75 Å². The van der Waals surface area contributed by atoms with E-state index >= 15 is 0 Å². The summed E-state index contributed by atoms with van der Waals surface area (Å²) in [7, 11) is 0. The fraction of sp³-hybridized carbons (Fsp3) is 0.579. The summed E-state index contributed by atoms with van der Waals surface area (Å²) in [5, 5.41) is 6.62. The van der Waals surface area contributed by atoms with E-state index in [1.165, 1.54) is 12.3 Å². The summed E-state index contributed by atoms with van der Waals surface area (Å²) in [6.07, 6.45) is -1.14.